The number of carbonyl (C=O) groups excluding carboxylic acids is 1. The third-order valence-electron chi connectivity index (χ3n) is 3.10. The molecule has 1 unspecified atom stereocenters. The minimum atomic E-state index is -1.04. The maximum atomic E-state index is 12.4. The van der Waals surface area contributed by atoms with Gasteiger partial charge in [0.25, 0.3) is 5.91 Å². The van der Waals surface area contributed by atoms with E-state index < -0.39 is 12.1 Å². The lowest BCUT2D eigenvalue weighted by Crippen LogP contribution is -2.48. The van der Waals surface area contributed by atoms with Crippen LogP contribution in [0, 0.1) is 0 Å². The summed E-state index contributed by atoms with van der Waals surface area (Å²) in [6.45, 7) is 2.65. The quantitative estimate of drug-likeness (QED) is 0.827. The van der Waals surface area contributed by atoms with Crippen molar-refractivity contribution in [1.29, 1.82) is 0 Å². The molecular weight excluding hydrogens is 250 g/mol. The Morgan fingerprint density at radius 1 is 1.58 bits per heavy atom. The Balaban J connectivity index is 2.16. The van der Waals surface area contributed by atoms with E-state index in [-0.39, 0.29) is 19.1 Å². The highest BCUT2D eigenvalue weighted by Gasteiger charge is 2.30. The summed E-state index contributed by atoms with van der Waals surface area (Å²) in [5, 5.41) is 13.2. The number of aliphatic carboxylic acids is 1. The van der Waals surface area contributed by atoms with Crippen LogP contribution in [0.5, 0.6) is 0 Å². The van der Waals surface area contributed by atoms with Gasteiger partial charge in [-0.25, -0.2) is 4.79 Å². The van der Waals surface area contributed by atoms with Crippen molar-refractivity contribution < 1.29 is 19.4 Å². The molecule has 0 aromatic carbocycles. The lowest BCUT2D eigenvalue weighted by Gasteiger charge is -2.30. The predicted octanol–water partition coefficient (Wildman–Crippen LogP) is -0.0919. The van der Waals surface area contributed by atoms with Crippen molar-refractivity contribution in [3.05, 3.63) is 17.5 Å². The third kappa shape index (κ3) is 2.76. The molecule has 0 saturated carbocycles. The van der Waals surface area contributed by atoms with Gasteiger partial charge in [0.15, 0.2) is 6.10 Å². The standard InChI is InChI=1S/C12H17N3O4/c1-3-9-8(6-14(2)13-9)11(16)15-4-5-19-10(7-15)12(17)18/h6,10H,3-5,7H2,1-2H3,(H,17,18). The van der Waals surface area contributed by atoms with Gasteiger partial charge in [-0.2, -0.15) is 5.10 Å². The van der Waals surface area contributed by atoms with Crippen molar-refractivity contribution in [3.63, 3.8) is 0 Å². The van der Waals surface area contributed by atoms with Crippen LogP contribution in [-0.2, 0) is 23.0 Å². The first kappa shape index (κ1) is 13.5. The van der Waals surface area contributed by atoms with Gasteiger partial charge in [-0.05, 0) is 6.42 Å². The molecule has 2 heterocycles. The second kappa shape index (κ2) is 5.40. The van der Waals surface area contributed by atoms with Crippen LogP contribution < -0.4 is 0 Å². The fraction of sp³-hybridized carbons (Fsp3) is 0.583. The number of carboxylic acids is 1. The van der Waals surface area contributed by atoms with Gasteiger partial charge in [-0.15, -0.1) is 0 Å². The molecule has 1 atom stereocenters. The molecule has 1 saturated heterocycles. The summed E-state index contributed by atoms with van der Waals surface area (Å²) in [5.74, 6) is -1.22. The number of nitrogens with zero attached hydrogens (tertiary/aromatic N) is 3. The highest BCUT2D eigenvalue weighted by Crippen LogP contribution is 2.14. The van der Waals surface area contributed by atoms with Crippen LogP contribution in [0.25, 0.3) is 0 Å². The normalized spacial score (nSPS) is 19.5. The van der Waals surface area contributed by atoms with Crippen LogP contribution >= 0.6 is 0 Å². The van der Waals surface area contributed by atoms with E-state index in [0.717, 1.165) is 5.69 Å². The van der Waals surface area contributed by atoms with E-state index in [0.29, 0.717) is 18.5 Å². The van der Waals surface area contributed by atoms with Gasteiger partial charge in [0.2, 0.25) is 0 Å². The Labute approximate surface area is 110 Å². The SMILES string of the molecule is CCc1nn(C)cc1C(=O)N1CCOC(C(=O)O)C1. The van der Waals surface area contributed by atoms with E-state index in [4.69, 9.17) is 9.84 Å². The van der Waals surface area contributed by atoms with Crippen molar-refractivity contribution in [2.45, 2.75) is 19.4 Å². The summed E-state index contributed by atoms with van der Waals surface area (Å²) in [6, 6.07) is 0. The average Bonchev–Trinajstić information content (AvgIpc) is 2.79. The number of hydrogen-bond donors (Lipinski definition) is 1. The summed E-state index contributed by atoms with van der Waals surface area (Å²) in [5.41, 5.74) is 1.27. The summed E-state index contributed by atoms with van der Waals surface area (Å²) < 4.78 is 6.70. The third-order valence-corrected chi connectivity index (χ3v) is 3.10. The molecule has 1 aliphatic heterocycles. The second-order valence-electron chi connectivity index (χ2n) is 4.47. The molecule has 1 fully saturated rings. The summed E-state index contributed by atoms with van der Waals surface area (Å²) in [6.07, 6.45) is 1.39. The number of rotatable bonds is 3. The maximum Gasteiger partial charge on any atom is 0.334 e. The maximum absolute atomic E-state index is 12.4. The molecule has 1 aromatic rings. The van der Waals surface area contributed by atoms with Gasteiger partial charge in [-0.1, -0.05) is 6.92 Å². The van der Waals surface area contributed by atoms with Crippen LogP contribution in [0.1, 0.15) is 23.0 Å². The average molecular weight is 267 g/mol. The molecule has 0 aliphatic carbocycles. The number of morpholine rings is 1. The smallest absolute Gasteiger partial charge is 0.334 e. The zero-order chi connectivity index (χ0) is 14.0. The van der Waals surface area contributed by atoms with Crippen molar-refractivity contribution >= 4 is 11.9 Å². The first-order chi connectivity index (χ1) is 9.02. The topological polar surface area (TPSA) is 84.7 Å². The molecule has 7 nitrogen and oxygen atoms in total. The van der Waals surface area contributed by atoms with E-state index in [1.54, 1.807) is 17.9 Å². The Bertz CT molecular complexity index is 497. The molecule has 0 spiro atoms. The minimum absolute atomic E-state index is 0.0756. The van der Waals surface area contributed by atoms with Gasteiger partial charge in [0.1, 0.15) is 0 Å². The molecule has 19 heavy (non-hydrogen) atoms. The van der Waals surface area contributed by atoms with E-state index in [2.05, 4.69) is 5.10 Å². The number of aromatic nitrogens is 2. The van der Waals surface area contributed by atoms with Crippen molar-refractivity contribution in [1.82, 2.24) is 14.7 Å². The van der Waals surface area contributed by atoms with Crippen LogP contribution in [0.3, 0.4) is 0 Å². The number of amides is 1. The molecule has 0 bridgehead atoms. The molecule has 1 N–H and O–H groups in total. The summed E-state index contributed by atoms with van der Waals surface area (Å²) in [7, 11) is 1.76. The monoisotopic (exact) mass is 267 g/mol. The minimum Gasteiger partial charge on any atom is -0.479 e. The summed E-state index contributed by atoms with van der Waals surface area (Å²) in [4.78, 5) is 24.8. The highest BCUT2D eigenvalue weighted by molar-refractivity contribution is 5.95. The highest BCUT2D eigenvalue weighted by atomic mass is 16.5. The van der Waals surface area contributed by atoms with Crippen LogP contribution in [-0.4, -0.2) is 57.5 Å². The van der Waals surface area contributed by atoms with Gasteiger partial charge in [0.05, 0.1) is 24.4 Å². The number of aryl methyl sites for hydroxylation is 2. The van der Waals surface area contributed by atoms with Gasteiger partial charge in [-0.3, -0.25) is 9.48 Å². The van der Waals surface area contributed by atoms with Gasteiger partial charge >= 0.3 is 5.97 Å². The Kier molecular flexibility index (Phi) is 3.84. The van der Waals surface area contributed by atoms with Crippen molar-refractivity contribution in [2.75, 3.05) is 19.7 Å². The predicted molar refractivity (Wildman–Crippen MR) is 65.9 cm³/mol. The first-order valence-electron chi connectivity index (χ1n) is 6.19. The van der Waals surface area contributed by atoms with Gasteiger partial charge < -0.3 is 14.7 Å². The molecule has 1 aromatic heterocycles. The molecule has 1 amide bonds. The Morgan fingerprint density at radius 3 is 2.95 bits per heavy atom. The zero-order valence-electron chi connectivity index (χ0n) is 11.0. The molecule has 7 heteroatoms. The Morgan fingerprint density at radius 2 is 2.32 bits per heavy atom. The van der Waals surface area contributed by atoms with E-state index >= 15 is 0 Å². The number of hydrogen-bond acceptors (Lipinski definition) is 4. The zero-order valence-corrected chi connectivity index (χ0v) is 11.0. The Hall–Kier alpha value is -1.89. The fourth-order valence-electron chi connectivity index (χ4n) is 2.13. The van der Waals surface area contributed by atoms with Crippen LogP contribution in [0.4, 0.5) is 0 Å². The van der Waals surface area contributed by atoms with Crippen LogP contribution in [0.15, 0.2) is 6.20 Å². The van der Waals surface area contributed by atoms with Gasteiger partial charge in [0, 0.05) is 19.8 Å². The number of carboxylic acid groups (broad SMARTS) is 1. The fourth-order valence-corrected chi connectivity index (χ4v) is 2.13. The second-order valence-corrected chi connectivity index (χ2v) is 4.47. The lowest BCUT2D eigenvalue weighted by molar-refractivity contribution is -0.154. The number of carbonyl (C=O) groups is 2. The number of ether oxygens (including phenoxy) is 1. The van der Waals surface area contributed by atoms with E-state index in [9.17, 15) is 9.59 Å². The van der Waals surface area contributed by atoms with E-state index in [1.807, 2.05) is 6.92 Å². The molecule has 1 aliphatic rings. The van der Waals surface area contributed by atoms with Crippen molar-refractivity contribution in [2.24, 2.45) is 7.05 Å². The summed E-state index contributed by atoms with van der Waals surface area (Å²) >= 11 is 0. The molecular formula is C12H17N3O4. The van der Waals surface area contributed by atoms with Crippen LogP contribution in [0.2, 0.25) is 0 Å². The molecule has 0 radical (unpaired) electrons. The van der Waals surface area contributed by atoms with E-state index in [1.165, 1.54) is 4.90 Å². The lowest BCUT2D eigenvalue weighted by atomic mass is 10.1. The molecule has 2 rings (SSSR count). The first-order valence-corrected chi connectivity index (χ1v) is 6.19. The molecule has 104 valence electrons. The van der Waals surface area contributed by atoms with Crippen molar-refractivity contribution in [3.8, 4) is 0 Å². The largest absolute Gasteiger partial charge is 0.479 e.